The Kier molecular flexibility index (Phi) is 4.38. The molecule has 1 atom stereocenters. The van der Waals surface area contributed by atoms with Crippen molar-refractivity contribution in [2.75, 3.05) is 0 Å². The smallest absolute Gasteiger partial charge is 0.276 e. The molecule has 2 heterocycles. The molecule has 4 rings (SSSR count). The van der Waals surface area contributed by atoms with E-state index in [0.717, 1.165) is 22.4 Å². The predicted octanol–water partition coefficient (Wildman–Crippen LogP) is 3.51. The van der Waals surface area contributed by atoms with Crippen LogP contribution in [-0.4, -0.2) is 19.3 Å². The lowest BCUT2D eigenvalue weighted by Gasteiger charge is -2.14. The van der Waals surface area contributed by atoms with Gasteiger partial charge in [-0.05, 0) is 36.6 Å². The highest BCUT2D eigenvalue weighted by molar-refractivity contribution is 5.65. The van der Waals surface area contributed by atoms with Crippen molar-refractivity contribution in [1.29, 1.82) is 0 Å². The summed E-state index contributed by atoms with van der Waals surface area (Å²) in [7, 11) is 0. The van der Waals surface area contributed by atoms with Gasteiger partial charge in [0.05, 0.1) is 18.3 Å². The minimum atomic E-state index is -0.749. The van der Waals surface area contributed by atoms with Crippen molar-refractivity contribution in [3.63, 3.8) is 0 Å². The van der Waals surface area contributed by atoms with E-state index in [-0.39, 0.29) is 12.1 Å². The lowest BCUT2D eigenvalue weighted by atomic mass is 10.0. The summed E-state index contributed by atoms with van der Waals surface area (Å²) >= 11 is 0. The molecule has 2 aromatic heterocycles. The topological polar surface area (TPSA) is 59.5 Å². The fourth-order valence-electron chi connectivity index (χ4n) is 3.18. The van der Waals surface area contributed by atoms with Gasteiger partial charge in [-0.15, -0.1) is 0 Å². The number of hydrogen-bond donors (Lipinski definition) is 1. The van der Waals surface area contributed by atoms with Gasteiger partial charge >= 0.3 is 0 Å². The fraction of sp³-hybridized carbons (Fsp3) is 0.182. The first kappa shape index (κ1) is 17.2. The van der Waals surface area contributed by atoms with Crippen LogP contribution < -0.4 is 5.56 Å². The second kappa shape index (κ2) is 6.85. The largest absolute Gasteiger partial charge is 0.387 e. The molecule has 136 valence electrons. The van der Waals surface area contributed by atoms with Gasteiger partial charge in [-0.25, -0.2) is 4.52 Å². The summed E-state index contributed by atoms with van der Waals surface area (Å²) < 4.78 is 3.12. The molecular formula is C22H21N3O2. The van der Waals surface area contributed by atoms with Crippen LogP contribution >= 0.6 is 0 Å². The molecule has 5 nitrogen and oxygen atoms in total. The molecule has 27 heavy (non-hydrogen) atoms. The molecule has 0 amide bonds. The lowest BCUT2D eigenvalue weighted by Crippen LogP contribution is -2.24. The molecule has 0 bridgehead atoms. The molecular weight excluding hydrogens is 338 g/mol. The number of aryl methyl sites for hydroxylation is 2. The molecule has 0 aliphatic carbocycles. The summed E-state index contributed by atoms with van der Waals surface area (Å²) in [5, 5.41) is 15.1. The van der Waals surface area contributed by atoms with E-state index >= 15 is 0 Å². The van der Waals surface area contributed by atoms with Crippen LogP contribution in [0.3, 0.4) is 0 Å². The van der Waals surface area contributed by atoms with Crippen LogP contribution in [-0.2, 0) is 6.54 Å². The van der Waals surface area contributed by atoms with Gasteiger partial charge in [-0.3, -0.25) is 4.79 Å². The number of aliphatic hydroxyl groups excluding tert-OH is 1. The number of rotatable bonds is 4. The van der Waals surface area contributed by atoms with E-state index in [1.165, 1.54) is 10.1 Å². The van der Waals surface area contributed by atoms with Crippen molar-refractivity contribution in [2.45, 2.75) is 26.5 Å². The van der Waals surface area contributed by atoms with Crippen LogP contribution in [0.15, 0.2) is 71.8 Å². The highest BCUT2D eigenvalue weighted by Gasteiger charge is 2.13. The quantitative estimate of drug-likeness (QED) is 0.607. The van der Waals surface area contributed by atoms with E-state index in [0.29, 0.717) is 5.52 Å². The fourth-order valence-corrected chi connectivity index (χ4v) is 3.18. The van der Waals surface area contributed by atoms with Crippen molar-refractivity contribution in [2.24, 2.45) is 0 Å². The molecule has 0 saturated heterocycles. The third kappa shape index (κ3) is 3.29. The van der Waals surface area contributed by atoms with Crippen molar-refractivity contribution >= 4 is 5.52 Å². The zero-order valence-corrected chi connectivity index (χ0v) is 15.3. The summed E-state index contributed by atoms with van der Waals surface area (Å²) in [6.07, 6.45) is 2.67. The van der Waals surface area contributed by atoms with E-state index < -0.39 is 6.10 Å². The minimum absolute atomic E-state index is 0.171. The Morgan fingerprint density at radius 3 is 2.52 bits per heavy atom. The summed E-state index contributed by atoms with van der Waals surface area (Å²) in [6.45, 7) is 4.25. The van der Waals surface area contributed by atoms with E-state index in [4.69, 9.17) is 0 Å². The first-order valence-electron chi connectivity index (χ1n) is 8.92. The maximum absolute atomic E-state index is 12.9. The van der Waals surface area contributed by atoms with Gasteiger partial charge in [0.2, 0.25) is 0 Å². The van der Waals surface area contributed by atoms with Crippen LogP contribution in [0.2, 0.25) is 0 Å². The maximum Gasteiger partial charge on any atom is 0.276 e. The van der Waals surface area contributed by atoms with Crippen LogP contribution in [0.1, 0.15) is 22.8 Å². The predicted molar refractivity (Wildman–Crippen MR) is 106 cm³/mol. The van der Waals surface area contributed by atoms with Gasteiger partial charge in [0.1, 0.15) is 5.52 Å². The summed E-state index contributed by atoms with van der Waals surface area (Å²) in [6, 6.07) is 17.4. The van der Waals surface area contributed by atoms with E-state index in [9.17, 15) is 9.90 Å². The Labute approximate surface area is 157 Å². The zero-order chi connectivity index (χ0) is 19.0. The van der Waals surface area contributed by atoms with Crippen molar-refractivity contribution in [3.05, 3.63) is 94.0 Å². The second-order valence-corrected chi connectivity index (χ2v) is 6.84. The number of hydrogen-bond acceptors (Lipinski definition) is 3. The van der Waals surface area contributed by atoms with Crippen LogP contribution in [0.25, 0.3) is 16.8 Å². The Bertz CT molecular complexity index is 1160. The number of benzene rings is 2. The highest BCUT2D eigenvalue weighted by Crippen LogP contribution is 2.20. The number of nitrogens with zero attached hydrogens (tertiary/aromatic N) is 3. The average molecular weight is 359 g/mol. The standard InChI is InChI=1S/C22H21N3O2/c1-15-8-9-18(12-16(15)2)21(26)14-24-10-11-25-20(22(24)27)13-19(23-25)17-6-4-3-5-7-17/h3-13,21,26H,14H2,1-2H3/t21-/m1/s1. The molecule has 0 fully saturated rings. The van der Waals surface area contributed by atoms with Gasteiger partial charge < -0.3 is 9.67 Å². The zero-order valence-electron chi connectivity index (χ0n) is 15.3. The number of fused-ring (bicyclic) bond motifs is 1. The van der Waals surface area contributed by atoms with Gasteiger partial charge in [0.15, 0.2) is 0 Å². The second-order valence-electron chi connectivity index (χ2n) is 6.84. The Hall–Kier alpha value is -3.18. The molecule has 4 aromatic rings. The molecule has 2 aromatic carbocycles. The molecule has 0 aliphatic heterocycles. The molecule has 0 saturated carbocycles. The average Bonchev–Trinajstić information content (AvgIpc) is 3.12. The third-order valence-electron chi connectivity index (χ3n) is 4.96. The van der Waals surface area contributed by atoms with Crippen molar-refractivity contribution in [3.8, 4) is 11.3 Å². The van der Waals surface area contributed by atoms with Gasteiger partial charge in [0.25, 0.3) is 5.56 Å². The summed E-state index contributed by atoms with van der Waals surface area (Å²) in [5.41, 5.74) is 5.14. The third-order valence-corrected chi connectivity index (χ3v) is 4.96. The van der Waals surface area contributed by atoms with Crippen LogP contribution in [0.4, 0.5) is 0 Å². The van der Waals surface area contributed by atoms with Crippen molar-refractivity contribution in [1.82, 2.24) is 14.2 Å². The summed E-state index contributed by atoms with van der Waals surface area (Å²) in [4.78, 5) is 12.9. The minimum Gasteiger partial charge on any atom is -0.387 e. The molecule has 0 aliphatic rings. The first-order valence-corrected chi connectivity index (χ1v) is 8.92. The Morgan fingerprint density at radius 2 is 1.78 bits per heavy atom. The van der Waals surface area contributed by atoms with Crippen LogP contribution in [0.5, 0.6) is 0 Å². The molecule has 0 spiro atoms. The highest BCUT2D eigenvalue weighted by atomic mass is 16.3. The molecule has 0 unspecified atom stereocenters. The SMILES string of the molecule is Cc1ccc([C@H](O)Cn2ccn3nc(-c4ccccc4)cc3c2=O)cc1C. The number of aromatic nitrogens is 3. The normalized spacial score (nSPS) is 12.4. The number of aliphatic hydroxyl groups is 1. The van der Waals surface area contributed by atoms with Gasteiger partial charge in [-0.2, -0.15) is 5.10 Å². The van der Waals surface area contributed by atoms with Crippen LogP contribution in [0, 0.1) is 13.8 Å². The monoisotopic (exact) mass is 359 g/mol. The van der Waals surface area contributed by atoms with E-state index in [1.54, 1.807) is 23.0 Å². The van der Waals surface area contributed by atoms with E-state index in [1.807, 2.05) is 62.4 Å². The van der Waals surface area contributed by atoms with Crippen molar-refractivity contribution < 1.29 is 5.11 Å². The molecule has 1 N–H and O–H groups in total. The first-order chi connectivity index (χ1) is 13.0. The summed E-state index contributed by atoms with van der Waals surface area (Å²) in [5.74, 6) is 0. The Balaban J connectivity index is 1.67. The van der Waals surface area contributed by atoms with Gasteiger partial charge in [0, 0.05) is 18.0 Å². The Morgan fingerprint density at radius 1 is 1.00 bits per heavy atom. The lowest BCUT2D eigenvalue weighted by molar-refractivity contribution is 0.155. The maximum atomic E-state index is 12.9. The molecule has 0 radical (unpaired) electrons. The molecule has 5 heteroatoms. The van der Waals surface area contributed by atoms with Gasteiger partial charge in [-0.1, -0.05) is 48.5 Å². The van der Waals surface area contributed by atoms with E-state index in [2.05, 4.69) is 5.10 Å².